The summed E-state index contributed by atoms with van der Waals surface area (Å²) in [6, 6.07) is 17.1. The lowest BCUT2D eigenvalue weighted by Crippen LogP contribution is -2.24. The predicted molar refractivity (Wildman–Crippen MR) is 132 cm³/mol. The molecule has 0 atom stereocenters. The van der Waals surface area contributed by atoms with Gasteiger partial charge in [0.1, 0.15) is 10.7 Å². The number of esters is 1. The van der Waals surface area contributed by atoms with Crippen LogP contribution >= 0.6 is 11.3 Å². The van der Waals surface area contributed by atoms with Crippen molar-refractivity contribution in [2.24, 2.45) is 0 Å². The molecule has 0 saturated heterocycles. The Morgan fingerprint density at radius 1 is 1.06 bits per heavy atom. The molecule has 5 rings (SSSR count). The van der Waals surface area contributed by atoms with Gasteiger partial charge in [-0.2, -0.15) is 0 Å². The van der Waals surface area contributed by atoms with Crippen LogP contribution in [-0.4, -0.2) is 21.6 Å². The topological polar surface area (TPSA) is 61.2 Å². The Morgan fingerprint density at radius 2 is 1.79 bits per heavy atom. The van der Waals surface area contributed by atoms with Gasteiger partial charge in [-0.15, -0.1) is 11.3 Å². The number of ether oxygens (including phenoxy) is 1. The van der Waals surface area contributed by atoms with Crippen molar-refractivity contribution in [2.45, 2.75) is 52.2 Å². The standard InChI is InChI=1S/C27H26N2O3S/c1-17(2)32-27(31)20-14-12-18(13-15-20)16-29-24(19-8-4-3-5-9-19)28-25-23(26(29)30)21-10-6-7-11-22(21)33-25/h3-5,8-9,12-15,17H,6-7,10-11,16H2,1-2H3. The SMILES string of the molecule is CC(C)OC(=O)c1ccc(Cn2c(-c3ccccc3)nc3sc4c(c3c2=O)CCCC4)cc1. The van der Waals surface area contributed by atoms with E-state index in [0.29, 0.717) is 17.9 Å². The molecular weight excluding hydrogens is 432 g/mol. The molecule has 6 heteroatoms. The molecule has 0 spiro atoms. The molecule has 33 heavy (non-hydrogen) atoms. The van der Waals surface area contributed by atoms with Gasteiger partial charge < -0.3 is 4.74 Å². The van der Waals surface area contributed by atoms with E-state index in [9.17, 15) is 9.59 Å². The minimum absolute atomic E-state index is 0.0153. The van der Waals surface area contributed by atoms with Crippen molar-refractivity contribution >= 4 is 27.5 Å². The van der Waals surface area contributed by atoms with Crippen molar-refractivity contribution in [1.82, 2.24) is 9.55 Å². The van der Waals surface area contributed by atoms with Crippen LogP contribution in [0, 0.1) is 0 Å². The van der Waals surface area contributed by atoms with Crippen LogP contribution in [0.1, 0.15) is 53.1 Å². The summed E-state index contributed by atoms with van der Waals surface area (Å²) in [7, 11) is 0. The maximum Gasteiger partial charge on any atom is 0.338 e. The predicted octanol–water partition coefficient (Wildman–Crippen LogP) is 5.62. The van der Waals surface area contributed by atoms with E-state index in [-0.39, 0.29) is 17.6 Å². The van der Waals surface area contributed by atoms with E-state index in [2.05, 4.69) is 0 Å². The lowest BCUT2D eigenvalue weighted by molar-refractivity contribution is 0.0378. The van der Waals surface area contributed by atoms with Crippen molar-refractivity contribution in [2.75, 3.05) is 0 Å². The number of carbonyl (C=O) groups is 1. The second kappa shape index (κ2) is 8.94. The number of benzene rings is 2. The average molecular weight is 459 g/mol. The highest BCUT2D eigenvalue weighted by Crippen LogP contribution is 2.35. The van der Waals surface area contributed by atoms with Gasteiger partial charge in [-0.3, -0.25) is 9.36 Å². The normalized spacial score (nSPS) is 13.3. The number of hydrogen-bond donors (Lipinski definition) is 0. The zero-order valence-corrected chi connectivity index (χ0v) is 19.7. The van der Waals surface area contributed by atoms with Crippen molar-refractivity contribution < 1.29 is 9.53 Å². The maximum atomic E-state index is 13.8. The molecule has 1 aliphatic carbocycles. The number of nitrogens with zero attached hydrogens (tertiary/aromatic N) is 2. The summed E-state index contributed by atoms with van der Waals surface area (Å²) in [5.74, 6) is 0.335. The molecule has 0 unspecified atom stereocenters. The lowest BCUT2D eigenvalue weighted by Gasteiger charge is -2.14. The smallest absolute Gasteiger partial charge is 0.338 e. The number of thiophene rings is 1. The van der Waals surface area contributed by atoms with Gasteiger partial charge in [0.15, 0.2) is 0 Å². The van der Waals surface area contributed by atoms with E-state index in [1.54, 1.807) is 28.0 Å². The Morgan fingerprint density at radius 3 is 2.52 bits per heavy atom. The first-order valence-corrected chi connectivity index (χ1v) is 12.2. The molecule has 4 aromatic rings. The van der Waals surface area contributed by atoms with Crippen molar-refractivity contribution in [3.05, 3.63) is 86.5 Å². The van der Waals surface area contributed by atoms with E-state index in [1.807, 2.05) is 56.3 Å². The third kappa shape index (κ3) is 4.23. The summed E-state index contributed by atoms with van der Waals surface area (Å²) < 4.78 is 7.06. The van der Waals surface area contributed by atoms with E-state index < -0.39 is 0 Å². The van der Waals surface area contributed by atoms with Gasteiger partial charge in [0.05, 0.1) is 23.6 Å². The molecule has 0 bridgehead atoms. The molecule has 0 N–H and O–H groups in total. The van der Waals surface area contributed by atoms with Gasteiger partial charge in [0.25, 0.3) is 5.56 Å². The monoisotopic (exact) mass is 458 g/mol. The van der Waals surface area contributed by atoms with Gasteiger partial charge in [-0.1, -0.05) is 42.5 Å². The molecule has 168 valence electrons. The molecular formula is C27H26N2O3S. The van der Waals surface area contributed by atoms with E-state index in [1.165, 1.54) is 16.9 Å². The zero-order valence-electron chi connectivity index (χ0n) is 18.8. The van der Waals surface area contributed by atoms with Gasteiger partial charge in [-0.05, 0) is 62.8 Å². The summed E-state index contributed by atoms with van der Waals surface area (Å²) in [5.41, 5.74) is 3.56. The Labute approximate surface area is 196 Å². The minimum Gasteiger partial charge on any atom is -0.459 e. The number of rotatable bonds is 5. The molecule has 2 heterocycles. The molecule has 0 saturated carbocycles. The number of carbonyl (C=O) groups excluding carboxylic acids is 1. The van der Waals surface area contributed by atoms with E-state index in [0.717, 1.165) is 40.6 Å². The van der Waals surface area contributed by atoms with Crippen LogP contribution in [0.4, 0.5) is 0 Å². The lowest BCUT2D eigenvalue weighted by atomic mass is 9.97. The van der Waals surface area contributed by atoms with Crippen LogP contribution in [0.25, 0.3) is 21.6 Å². The zero-order chi connectivity index (χ0) is 22.9. The quantitative estimate of drug-likeness (QED) is 0.364. The van der Waals surface area contributed by atoms with Crippen LogP contribution < -0.4 is 5.56 Å². The van der Waals surface area contributed by atoms with Gasteiger partial charge in [-0.25, -0.2) is 9.78 Å². The molecule has 0 amide bonds. The summed E-state index contributed by atoms with van der Waals surface area (Å²) in [4.78, 5) is 33.1. The molecule has 0 fully saturated rings. The Bertz CT molecular complexity index is 1370. The number of hydrogen-bond acceptors (Lipinski definition) is 5. The molecule has 2 aromatic carbocycles. The summed E-state index contributed by atoms with van der Waals surface area (Å²) in [6.45, 7) is 4.04. The van der Waals surface area contributed by atoms with Crippen LogP contribution in [0.3, 0.4) is 0 Å². The first kappa shape index (κ1) is 21.6. The van der Waals surface area contributed by atoms with Crippen LogP contribution in [0.2, 0.25) is 0 Å². The van der Waals surface area contributed by atoms with Crippen LogP contribution in [0.15, 0.2) is 59.4 Å². The summed E-state index contributed by atoms with van der Waals surface area (Å²) in [5, 5.41) is 0.784. The fraction of sp³-hybridized carbons (Fsp3) is 0.296. The first-order valence-electron chi connectivity index (χ1n) is 11.4. The minimum atomic E-state index is -0.341. The highest BCUT2D eigenvalue weighted by Gasteiger charge is 2.22. The second-order valence-electron chi connectivity index (χ2n) is 8.73. The fourth-order valence-electron chi connectivity index (χ4n) is 4.40. The van der Waals surface area contributed by atoms with Gasteiger partial charge in [0, 0.05) is 10.4 Å². The summed E-state index contributed by atoms with van der Waals surface area (Å²) in [6.07, 6.45) is 4.10. The first-order chi connectivity index (χ1) is 16.0. The third-order valence-corrected chi connectivity index (χ3v) is 7.17. The molecule has 0 aliphatic heterocycles. The largest absolute Gasteiger partial charge is 0.459 e. The van der Waals surface area contributed by atoms with E-state index in [4.69, 9.17) is 9.72 Å². The number of aryl methyl sites for hydroxylation is 2. The molecule has 2 aromatic heterocycles. The fourth-order valence-corrected chi connectivity index (χ4v) is 5.66. The second-order valence-corrected chi connectivity index (χ2v) is 9.82. The van der Waals surface area contributed by atoms with Gasteiger partial charge >= 0.3 is 5.97 Å². The number of fused-ring (bicyclic) bond motifs is 3. The van der Waals surface area contributed by atoms with Crippen LogP contribution in [0.5, 0.6) is 0 Å². The average Bonchev–Trinajstić information content (AvgIpc) is 3.20. The molecule has 5 nitrogen and oxygen atoms in total. The Hall–Kier alpha value is -3.25. The van der Waals surface area contributed by atoms with Crippen LogP contribution in [-0.2, 0) is 24.1 Å². The van der Waals surface area contributed by atoms with Crippen molar-refractivity contribution in [1.29, 1.82) is 0 Å². The van der Waals surface area contributed by atoms with Crippen molar-refractivity contribution in [3.8, 4) is 11.4 Å². The van der Waals surface area contributed by atoms with E-state index >= 15 is 0 Å². The molecule has 1 aliphatic rings. The summed E-state index contributed by atoms with van der Waals surface area (Å²) >= 11 is 1.67. The molecule has 0 radical (unpaired) electrons. The highest BCUT2D eigenvalue weighted by atomic mass is 32.1. The number of aromatic nitrogens is 2. The Balaban J connectivity index is 1.60. The van der Waals surface area contributed by atoms with Crippen molar-refractivity contribution in [3.63, 3.8) is 0 Å². The maximum absolute atomic E-state index is 13.8. The third-order valence-electron chi connectivity index (χ3n) is 5.98. The highest BCUT2D eigenvalue weighted by molar-refractivity contribution is 7.18. The Kier molecular flexibility index (Phi) is 5.85. The van der Waals surface area contributed by atoms with Gasteiger partial charge in [0.2, 0.25) is 0 Å².